The second-order valence-electron chi connectivity index (χ2n) is 8.53. The summed E-state index contributed by atoms with van der Waals surface area (Å²) >= 11 is 7.36. The molecule has 4 aromatic carbocycles. The Morgan fingerprint density at radius 1 is 0.385 bits per heavy atom. The normalized spacial score (nSPS) is 16.7. The average Bonchev–Trinajstić information content (AvgIpc) is 3.61. The minimum atomic E-state index is -0.645. The van der Waals surface area contributed by atoms with Crippen molar-refractivity contribution < 1.29 is 17.1 Å². The Kier molecular flexibility index (Phi) is 12.8. The smallest absolute Gasteiger partial charge is 0.0831 e. The van der Waals surface area contributed by atoms with Crippen molar-refractivity contribution in [2.45, 2.75) is 0 Å². The van der Waals surface area contributed by atoms with E-state index in [0.717, 1.165) is 4.83 Å². The minimum Gasteiger partial charge on any atom is -0.0831 e. The van der Waals surface area contributed by atoms with Crippen molar-refractivity contribution in [2.24, 2.45) is 0 Å². The molecule has 10 radical (unpaired) electrons. The van der Waals surface area contributed by atoms with E-state index in [2.05, 4.69) is 166 Å². The summed E-state index contributed by atoms with van der Waals surface area (Å²) in [5.41, 5.74) is 2.76. The fourth-order valence-corrected chi connectivity index (χ4v) is 10.7. The van der Waals surface area contributed by atoms with Gasteiger partial charge in [-0.1, -0.05) is 153 Å². The molecule has 0 N–H and O–H groups in total. The van der Waals surface area contributed by atoms with E-state index in [-0.39, 0.29) is 17.1 Å². The summed E-state index contributed by atoms with van der Waals surface area (Å²) in [7, 11) is -1.29. The maximum atomic E-state index is 4.07. The van der Waals surface area contributed by atoms with E-state index in [4.69, 9.17) is 0 Å². The molecule has 0 amide bonds. The monoisotopic (exact) mass is 710 g/mol. The molecular weight excluding hydrogens is 686 g/mol. The summed E-state index contributed by atoms with van der Waals surface area (Å²) in [5, 5.41) is 5.48. The van der Waals surface area contributed by atoms with Crippen LogP contribution in [-0.2, 0) is 17.1 Å². The maximum Gasteiger partial charge on any atom is 2.00 e. The Hall–Kier alpha value is -0.781. The van der Waals surface area contributed by atoms with Crippen LogP contribution in [0.3, 0.4) is 0 Å². The van der Waals surface area contributed by atoms with E-state index in [0.29, 0.717) is 0 Å². The standard InChI is InChI=1S/C29H22BrP2.C5H4Br.Fe/c30-29-27(31(23-13-5-1-6-14-23)24-15-7-2-8-16-24)21-22-28(29)32(25-17-9-3-10-18-25)26-19-11-4-12-20-26;6-5-3-1-2-4-5;/h1-22H;1-4H;/q;;+2. The number of halogens is 2. The molecule has 0 atom stereocenters. The molecule has 2 aliphatic rings. The van der Waals surface area contributed by atoms with Crippen LogP contribution in [0, 0.1) is 59.5 Å². The Morgan fingerprint density at radius 3 is 0.897 bits per heavy atom. The van der Waals surface area contributed by atoms with Crippen molar-refractivity contribution in [3.63, 3.8) is 0 Å². The van der Waals surface area contributed by atoms with Crippen LogP contribution >= 0.6 is 47.7 Å². The van der Waals surface area contributed by atoms with Gasteiger partial charge in [-0.3, -0.25) is 0 Å². The average molecular weight is 712 g/mol. The first-order valence-corrected chi connectivity index (χ1v) is 16.6. The summed E-state index contributed by atoms with van der Waals surface area (Å²) in [4.78, 5) is 2.40. The molecule has 0 nitrogen and oxygen atoms in total. The van der Waals surface area contributed by atoms with Crippen molar-refractivity contribution >= 4 is 68.9 Å². The second-order valence-corrected chi connectivity index (χ2v) is 14.6. The molecule has 0 heterocycles. The molecule has 6 rings (SSSR count). The van der Waals surface area contributed by atoms with Crippen LogP contribution in [0.1, 0.15) is 0 Å². The van der Waals surface area contributed by atoms with Gasteiger partial charge in [0, 0.05) is 16.1 Å². The van der Waals surface area contributed by atoms with Crippen LogP contribution in [-0.4, -0.2) is 0 Å². The molecule has 0 unspecified atom stereocenters. The van der Waals surface area contributed by atoms with Gasteiger partial charge in [-0.25, -0.2) is 0 Å². The minimum absolute atomic E-state index is 0. The fraction of sp³-hybridized carbons (Fsp3) is 0. The number of benzene rings is 4. The molecule has 4 aromatic rings. The first kappa shape index (κ1) is 31.2. The molecule has 0 aliphatic heterocycles. The molecule has 2 aliphatic carbocycles. The number of hydrogen-bond donors (Lipinski definition) is 0. The molecule has 0 bridgehead atoms. The van der Waals surface area contributed by atoms with Crippen molar-refractivity contribution in [1.29, 1.82) is 0 Å². The van der Waals surface area contributed by atoms with Gasteiger partial charge in [0.15, 0.2) is 0 Å². The SMILES string of the molecule is Br[C]1[CH][CH][CH][CH]1.Br[C]1[C](P(c2ccccc2)c2ccccc2)[CH][CH][C]1P(c1ccccc1)c1ccccc1.[Fe+2]. The molecule has 0 spiro atoms. The van der Waals surface area contributed by atoms with Crippen molar-refractivity contribution in [2.75, 3.05) is 0 Å². The predicted octanol–water partition coefficient (Wildman–Crippen LogP) is 8.41. The van der Waals surface area contributed by atoms with Gasteiger partial charge in [-0.2, -0.15) is 0 Å². The summed E-state index contributed by atoms with van der Waals surface area (Å²) < 4.78 is 0. The van der Waals surface area contributed by atoms with Gasteiger partial charge in [-0.15, -0.1) is 0 Å². The van der Waals surface area contributed by atoms with Crippen molar-refractivity contribution in [1.82, 2.24) is 0 Å². The van der Waals surface area contributed by atoms with Crippen LogP contribution in [0.4, 0.5) is 0 Å². The van der Waals surface area contributed by atoms with Crippen LogP contribution in [0.15, 0.2) is 121 Å². The van der Waals surface area contributed by atoms with E-state index in [1.54, 1.807) is 0 Å². The first-order chi connectivity index (χ1) is 18.7. The quantitative estimate of drug-likeness (QED) is 0.139. The van der Waals surface area contributed by atoms with Gasteiger partial charge < -0.3 is 0 Å². The molecule has 0 aromatic heterocycles. The van der Waals surface area contributed by atoms with E-state index >= 15 is 0 Å². The van der Waals surface area contributed by atoms with Gasteiger partial charge in [-0.05, 0) is 75.6 Å². The van der Waals surface area contributed by atoms with Gasteiger partial charge in [0.05, 0.1) is 4.83 Å². The molecule has 0 saturated heterocycles. The Labute approximate surface area is 265 Å². The van der Waals surface area contributed by atoms with E-state index in [1.165, 1.54) is 37.4 Å². The summed E-state index contributed by atoms with van der Waals surface area (Å²) in [6.45, 7) is 0. The van der Waals surface area contributed by atoms with Crippen LogP contribution < -0.4 is 21.2 Å². The zero-order chi connectivity index (χ0) is 26.2. The van der Waals surface area contributed by atoms with E-state index < -0.39 is 15.8 Å². The van der Waals surface area contributed by atoms with Gasteiger partial charge in [0.1, 0.15) is 0 Å². The first-order valence-electron chi connectivity index (χ1n) is 12.4. The summed E-state index contributed by atoms with van der Waals surface area (Å²) in [5.74, 6) is 0. The van der Waals surface area contributed by atoms with E-state index in [1.807, 2.05) is 25.7 Å². The second kappa shape index (κ2) is 16.0. The van der Waals surface area contributed by atoms with Crippen molar-refractivity contribution in [3.05, 3.63) is 181 Å². The third-order valence-corrected chi connectivity index (χ3v) is 13.0. The van der Waals surface area contributed by atoms with Gasteiger partial charge in [0.25, 0.3) is 0 Å². The summed E-state index contributed by atoms with van der Waals surface area (Å²) in [6, 6.07) is 43.6. The predicted molar refractivity (Wildman–Crippen MR) is 175 cm³/mol. The van der Waals surface area contributed by atoms with Crippen molar-refractivity contribution in [3.8, 4) is 0 Å². The fourth-order valence-electron chi connectivity index (χ4n) is 4.29. The van der Waals surface area contributed by atoms with Crippen LogP contribution in [0.2, 0.25) is 0 Å². The largest absolute Gasteiger partial charge is 2.00 e. The Morgan fingerprint density at radius 2 is 0.667 bits per heavy atom. The van der Waals surface area contributed by atoms with Crippen LogP contribution in [0.25, 0.3) is 0 Å². The van der Waals surface area contributed by atoms with Crippen LogP contribution in [0.5, 0.6) is 0 Å². The Bertz CT molecular complexity index is 1050. The maximum absolute atomic E-state index is 4.07. The Balaban J connectivity index is 0.000000447. The third-order valence-electron chi connectivity index (χ3n) is 6.01. The van der Waals surface area contributed by atoms with Gasteiger partial charge in [0.2, 0.25) is 0 Å². The topological polar surface area (TPSA) is 0 Å². The molecule has 2 saturated carbocycles. The van der Waals surface area contributed by atoms with Gasteiger partial charge >= 0.3 is 17.1 Å². The molecular formula is C34H26Br2FeP2+2. The number of rotatable bonds is 6. The third kappa shape index (κ3) is 8.16. The molecule has 2 fully saturated rings. The summed E-state index contributed by atoms with van der Waals surface area (Å²) in [6.07, 6.45) is 12.7. The molecule has 5 heteroatoms. The zero-order valence-electron chi connectivity index (χ0n) is 21.0. The number of hydrogen-bond acceptors (Lipinski definition) is 0. The van der Waals surface area contributed by atoms with E-state index in [9.17, 15) is 0 Å². The molecule has 192 valence electrons. The zero-order valence-corrected chi connectivity index (χ0v) is 27.1. The molecule has 39 heavy (non-hydrogen) atoms.